The Hall–Kier alpha value is 1.18. The van der Waals surface area contributed by atoms with E-state index in [0.717, 1.165) is 0 Å². The zero-order valence-corrected chi connectivity index (χ0v) is 13.2. The van der Waals surface area contributed by atoms with Gasteiger partial charge in [-0.3, -0.25) is 4.55 Å². The summed E-state index contributed by atoms with van der Waals surface area (Å²) in [4.78, 5) is -0.0741. The topological polar surface area (TPSA) is 54.4 Å². The summed E-state index contributed by atoms with van der Waals surface area (Å²) < 4.78 is 29.2. The van der Waals surface area contributed by atoms with E-state index < -0.39 is 10.1 Å². The Morgan fingerprint density at radius 2 is 1.64 bits per heavy atom. The van der Waals surface area contributed by atoms with E-state index in [1.54, 1.807) is 18.2 Å². The van der Waals surface area contributed by atoms with Crippen LogP contribution in [0.25, 0.3) is 0 Å². The molecule has 1 aromatic rings. The molecule has 11 heavy (non-hydrogen) atoms. The minimum Gasteiger partial charge on any atom is -1.00 e. The molecule has 0 atom stereocenters. The molecule has 0 unspecified atom stereocenters. The molecule has 5 heteroatoms. The molecule has 0 aromatic heterocycles. The van der Waals surface area contributed by atoms with Gasteiger partial charge in [0.25, 0.3) is 10.1 Å². The smallest absolute Gasteiger partial charge is 1.00 e. The van der Waals surface area contributed by atoms with Crippen molar-refractivity contribution < 1.29 is 83.3 Å². The molecule has 0 saturated carbocycles. The van der Waals surface area contributed by atoms with Crippen LogP contribution in [0.1, 0.15) is 1.43 Å². The van der Waals surface area contributed by atoms with Crippen molar-refractivity contribution in [1.82, 2.24) is 0 Å². The van der Waals surface area contributed by atoms with Gasteiger partial charge in [-0.15, -0.1) is 0 Å². The van der Waals surface area contributed by atoms with Gasteiger partial charge in [0.2, 0.25) is 0 Å². The van der Waals surface area contributed by atoms with Crippen LogP contribution in [0.4, 0.5) is 0 Å². The fourth-order valence-electron chi connectivity index (χ4n) is 0.592. The van der Waals surface area contributed by atoms with Crippen molar-refractivity contribution in [3.8, 4) is 0 Å². The van der Waals surface area contributed by atoms with Crippen molar-refractivity contribution in [1.29, 1.82) is 0 Å². The first-order valence-electron chi connectivity index (χ1n) is 2.63. The van der Waals surface area contributed by atoms with Crippen molar-refractivity contribution >= 4 is 10.1 Å². The molecule has 0 radical (unpaired) electrons. The number of hydrogen-bond acceptors (Lipinski definition) is 2. The van der Waals surface area contributed by atoms with Crippen LogP contribution in [0.15, 0.2) is 35.2 Å². The molecule has 0 aliphatic rings. The van der Waals surface area contributed by atoms with Gasteiger partial charge in [-0.1, -0.05) is 18.2 Å². The summed E-state index contributed by atoms with van der Waals surface area (Å²) in [6.07, 6.45) is 0. The van der Waals surface area contributed by atoms with Crippen LogP contribution >= 0.6 is 0 Å². The molecule has 1 rings (SSSR count). The maximum atomic E-state index is 10.4. The summed E-state index contributed by atoms with van der Waals surface area (Å²) in [7, 11) is -4.00. The Kier molecular flexibility index (Phi) is 5.57. The maximum Gasteiger partial charge on any atom is 1.00 e. The summed E-state index contributed by atoms with van der Waals surface area (Å²) in [6, 6.07) is 7.42. The first-order valence-corrected chi connectivity index (χ1v) is 4.07. The molecule has 0 saturated heterocycles. The van der Waals surface area contributed by atoms with Crippen LogP contribution in [0, 0.1) is 0 Å². The molecule has 1 N–H and O–H groups in total. The fraction of sp³-hybridized carbons (Fsp3) is 0. The van der Waals surface area contributed by atoms with Crippen molar-refractivity contribution in [3.05, 3.63) is 30.3 Å². The van der Waals surface area contributed by atoms with Gasteiger partial charge in [-0.05, 0) is 12.1 Å². The molecule has 3 nitrogen and oxygen atoms in total. The maximum absolute atomic E-state index is 10.4. The molecule has 56 valence electrons. The minimum atomic E-state index is -4.00. The molecule has 0 fully saturated rings. The summed E-state index contributed by atoms with van der Waals surface area (Å²) in [5.74, 6) is 0. The van der Waals surface area contributed by atoms with Crippen LogP contribution in [0.3, 0.4) is 0 Å². The van der Waals surface area contributed by atoms with E-state index in [-0.39, 0.29) is 75.2 Å². The summed E-state index contributed by atoms with van der Waals surface area (Å²) in [5, 5.41) is 0. The zero-order valence-electron chi connectivity index (χ0n) is 7.06. The molecule has 0 bridgehead atoms. The van der Waals surface area contributed by atoms with E-state index in [9.17, 15) is 8.42 Å². The van der Waals surface area contributed by atoms with E-state index in [4.69, 9.17) is 4.55 Å². The van der Waals surface area contributed by atoms with Crippen molar-refractivity contribution in [2.45, 2.75) is 4.90 Å². The molecule has 0 amide bonds. The summed E-state index contributed by atoms with van der Waals surface area (Å²) in [6.45, 7) is 0. The van der Waals surface area contributed by atoms with Crippen molar-refractivity contribution in [3.63, 3.8) is 0 Å². The van der Waals surface area contributed by atoms with Gasteiger partial charge in [0, 0.05) is 0 Å². The summed E-state index contributed by atoms with van der Waals surface area (Å²) in [5.41, 5.74) is 0. The number of rotatable bonds is 1. The van der Waals surface area contributed by atoms with Gasteiger partial charge in [0.15, 0.2) is 0 Å². The van der Waals surface area contributed by atoms with Gasteiger partial charge < -0.3 is 1.43 Å². The zero-order chi connectivity index (χ0) is 7.61. The molecular weight excluding hydrogens is 285 g/mol. The molecule has 0 heterocycles. The second kappa shape index (κ2) is 5.03. The third kappa shape index (κ3) is 4.09. The van der Waals surface area contributed by atoms with Crippen LogP contribution in [-0.4, -0.2) is 13.0 Å². The number of hydrogen-bond donors (Lipinski definition) is 1. The van der Waals surface area contributed by atoms with E-state index in [2.05, 4.69) is 0 Å². The van der Waals surface area contributed by atoms with E-state index in [1.807, 2.05) is 0 Å². The molecule has 0 aliphatic heterocycles. The van der Waals surface area contributed by atoms with Crippen molar-refractivity contribution in [2.24, 2.45) is 0 Å². The monoisotopic (exact) mass is 292 g/mol. The normalized spacial score (nSPS) is 10.3. The van der Waals surface area contributed by atoms with E-state index in [1.165, 1.54) is 12.1 Å². The first kappa shape index (κ1) is 12.2. The Morgan fingerprint density at radius 1 is 1.18 bits per heavy atom. The van der Waals surface area contributed by atoms with Gasteiger partial charge in [-0.2, -0.15) is 8.42 Å². The summed E-state index contributed by atoms with van der Waals surface area (Å²) >= 11 is 0. The second-order valence-corrected chi connectivity index (χ2v) is 3.21. The van der Waals surface area contributed by atoms with Gasteiger partial charge in [-0.25, -0.2) is 0 Å². The van der Waals surface area contributed by atoms with Crippen LogP contribution in [-0.2, 0) is 10.1 Å². The predicted molar refractivity (Wildman–Crippen MR) is 37.4 cm³/mol. The Morgan fingerprint density at radius 3 is 1.91 bits per heavy atom. The Balaban J connectivity index is 0. The predicted octanol–water partition coefficient (Wildman–Crippen LogP) is -1.95. The Bertz CT molecular complexity index is 311. The average molecular weight is 292 g/mol. The van der Waals surface area contributed by atoms with Crippen LogP contribution in [0.5, 0.6) is 0 Å². The second-order valence-electron chi connectivity index (χ2n) is 1.79. The van der Waals surface area contributed by atoms with Gasteiger partial charge >= 0.3 is 68.9 Å². The molecular formula is C6H7CsO3S. The van der Waals surface area contributed by atoms with Gasteiger partial charge in [0.05, 0.1) is 4.90 Å². The number of benzene rings is 1. The third-order valence-electron chi connectivity index (χ3n) is 1.04. The van der Waals surface area contributed by atoms with E-state index >= 15 is 0 Å². The fourth-order valence-corrected chi connectivity index (χ4v) is 1.09. The first-order chi connectivity index (χ1) is 4.61. The van der Waals surface area contributed by atoms with Crippen LogP contribution < -0.4 is 68.9 Å². The largest absolute Gasteiger partial charge is 1.00 e. The standard InChI is InChI=1S/C6H6O3S.Cs.H/c7-10(8,9)6-4-2-1-3-5-6;;/h1-5H,(H,7,8,9);;/q;+1;-1. The van der Waals surface area contributed by atoms with Gasteiger partial charge in [0.1, 0.15) is 0 Å². The third-order valence-corrected chi connectivity index (χ3v) is 1.91. The molecule has 1 aromatic carbocycles. The SMILES string of the molecule is O=S(=O)(O)c1ccccc1.[Cs+].[H-]. The van der Waals surface area contributed by atoms with Crippen molar-refractivity contribution in [2.75, 3.05) is 0 Å². The molecule has 0 aliphatic carbocycles. The minimum absolute atomic E-state index is 0. The average Bonchev–Trinajstić information content (AvgIpc) is 1.88. The van der Waals surface area contributed by atoms with Crippen LogP contribution in [0.2, 0.25) is 0 Å². The van der Waals surface area contributed by atoms with E-state index in [0.29, 0.717) is 0 Å². The molecule has 0 spiro atoms. The Labute approximate surface area is 126 Å². The quantitative estimate of drug-likeness (QED) is 0.612.